The van der Waals surface area contributed by atoms with Crippen molar-refractivity contribution in [3.05, 3.63) is 42.0 Å². The average molecular weight is 276 g/mol. The maximum atomic E-state index is 12.0. The lowest BCUT2D eigenvalue weighted by molar-refractivity contribution is -0.0498. The number of amides is 1. The number of hydrogen-bond donors (Lipinski definition) is 1. The summed E-state index contributed by atoms with van der Waals surface area (Å²) in [7, 11) is 0. The van der Waals surface area contributed by atoms with Crippen molar-refractivity contribution in [1.29, 1.82) is 0 Å². The van der Waals surface area contributed by atoms with Gasteiger partial charge in [0.05, 0.1) is 0 Å². The van der Waals surface area contributed by atoms with Gasteiger partial charge in [-0.25, -0.2) is 0 Å². The fourth-order valence-corrected chi connectivity index (χ4v) is 1.34. The van der Waals surface area contributed by atoms with E-state index in [1.165, 1.54) is 24.3 Å². The summed E-state index contributed by atoms with van der Waals surface area (Å²) in [5, 5.41) is 2.59. The number of carbonyl (C=O) groups is 1. The first-order valence-electron chi connectivity index (χ1n) is 5.17. The molecule has 1 aromatic rings. The highest BCUT2D eigenvalue weighted by Crippen LogP contribution is 2.15. The number of benzene rings is 1. The monoisotopic (exact) mass is 275 g/mol. The van der Waals surface area contributed by atoms with E-state index in [1.807, 2.05) is 0 Å². The molecule has 0 fully saturated rings. The van der Waals surface area contributed by atoms with Crippen LogP contribution in [0.5, 0.6) is 5.75 Å². The molecule has 0 spiro atoms. The van der Waals surface area contributed by atoms with Crippen LogP contribution < -0.4 is 10.1 Å². The lowest BCUT2D eigenvalue weighted by atomic mass is 10.2. The summed E-state index contributed by atoms with van der Waals surface area (Å²) in [4.78, 5) is 11.6. The van der Waals surface area contributed by atoms with Gasteiger partial charge >= 0.3 is 6.61 Å². The van der Waals surface area contributed by atoms with Crippen LogP contribution in [0.1, 0.15) is 10.4 Å². The van der Waals surface area contributed by atoms with Crippen molar-refractivity contribution in [2.24, 2.45) is 0 Å². The predicted molar refractivity (Wildman–Crippen MR) is 65.3 cm³/mol. The summed E-state index contributed by atoms with van der Waals surface area (Å²) in [5.41, 5.74) is 0.257. The van der Waals surface area contributed by atoms with Crippen LogP contribution >= 0.6 is 11.6 Å². The molecule has 0 atom stereocenters. The molecule has 0 aromatic heterocycles. The Kier molecular flexibility index (Phi) is 6.14. The minimum Gasteiger partial charge on any atom is -0.435 e. The molecule has 98 valence electrons. The van der Waals surface area contributed by atoms with Crippen molar-refractivity contribution < 1.29 is 18.3 Å². The zero-order chi connectivity index (χ0) is 13.4. The van der Waals surface area contributed by atoms with Gasteiger partial charge < -0.3 is 10.1 Å². The molecule has 0 heterocycles. The fraction of sp³-hybridized carbons (Fsp3) is 0.250. The van der Waals surface area contributed by atoms with E-state index in [9.17, 15) is 13.6 Å². The second-order valence-corrected chi connectivity index (χ2v) is 3.55. The Morgan fingerprint density at radius 2 is 2.22 bits per heavy atom. The highest BCUT2D eigenvalue weighted by Gasteiger charge is 2.08. The van der Waals surface area contributed by atoms with Crippen LogP contribution in [-0.2, 0) is 0 Å². The Morgan fingerprint density at radius 3 is 2.89 bits per heavy atom. The van der Waals surface area contributed by atoms with Crippen molar-refractivity contribution in [2.75, 3.05) is 12.4 Å². The topological polar surface area (TPSA) is 38.3 Å². The van der Waals surface area contributed by atoms with E-state index in [0.717, 1.165) is 0 Å². The molecular formula is C12H12ClF2NO2. The highest BCUT2D eigenvalue weighted by atomic mass is 35.5. The molecule has 0 aliphatic carbocycles. The van der Waals surface area contributed by atoms with Gasteiger partial charge in [0, 0.05) is 18.0 Å². The molecule has 0 aliphatic heterocycles. The average Bonchev–Trinajstić information content (AvgIpc) is 2.34. The van der Waals surface area contributed by atoms with Gasteiger partial charge in [0.1, 0.15) is 5.75 Å². The number of nitrogens with one attached hydrogen (secondary N) is 1. The van der Waals surface area contributed by atoms with Crippen LogP contribution in [0.15, 0.2) is 36.4 Å². The number of allylic oxidation sites excluding steroid dienone is 1. The maximum Gasteiger partial charge on any atom is 0.387 e. The highest BCUT2D eigenvalue weighted by molar-refractivity contribution is 6.18. The molecular weight excluding hydrogens is 264 g/mol. The van der Waals surface area contributed by atoms with Crippen LogP contribution in [0, 0.1) is 0 Å². The molecule has 18 heavy (non-hydrogen) atoms. The lowest BCUT2D eigenvalue weighted by Gasteiger charge is -2.06. The molecule has 0 unspecified atom stereocenters. The minimum absolute atomic E-state index is 0.0473. The lowest BCUT2D eigenvalue weighted by Crippen LogP contribution is -2.23. The smallest absolute Gasteiger partial charge is 0.387 e. The van der Waals surface area contributed by atoms with E-state index in [-0.39, 0.29) is 17.2 Å². The third-order valence-electron chi connectivity index (χ3n) is 1.96. The van der Waals surface area contributed by atoms with E-state index in [2.05, 4.69) is 10.1 Å². The summed E-state index contributed by atoms with van der Waals surface area (Å²) in [6, 6.07) is 5.60. The number of halogens is 3. The number of ether oxygens (including phenoxy) is 1. The molecule has 3 nitrogen and oxygen atoms in total. The van der Waals surface area contributed by atoms with Crippen molar-refractivity contribution in [3.8, 4) is 5.75 Å². The maximum absolute atomic E-state index is 12.0. The molecule has 0 bridgehead atoms. The van der Waals surface area contributed by atoms with Gasteiger partial charge in [-0.1, -0.05) is 18.2 Å². The minimum atomic E-state index is -2.91. The van der Waals surface area contributed by atoms with Crippen LogP contribution in [0.4, 0.5) is 8.78 Å². The van der Waals surface area contributed by atoms with E-state index in [1.54, 1.807) is 12.2 Å². The molecule has 1 aromatic carbocycles. The van der Waals surface area contributed by atoms with Gasteiger partial charge in [-0.2, -0.15) is 8.78 Å². The fourth-order valence-electron chi connectivity index (χ4n) is 1.21. The number of alkyl halides is 3. The number of hydrogen-bond acceptors (Lipinski definition) is 2. The molecule has 1 amide bonds. The SMILES string of the molecule is O=C(NC/C=C/CCl)c1cccc(OC(F)F)c1. The summed E-state index contributed by atoms with van der Waals surface area (Å²) in [6.45, 7) is -2.58. The van der Waals surface area contributed by atoms with E-state index in [4.69, 9.17) is 11.6 Å². The summed E-state index contributed by atoms with van der Waals surface area (Å²) >= 11 is 5.42. The molecule has 6 heteroatoms. The van der Waals surface area contributed by atoms with Gasteiger partial charge in [-0.05, 0) is 18.2 Å². The molecule has 1 N–H and O–H groups in total. The van der Waals surface area contributed by atoms with Crippen LogP contribution in [-0.4, -0.2) is 24.9 Å². The second-order valence-electron chi connectivity index (χ2n) is 3.24. The zero-order valence-electron chi connectivity index (χ0n) is 9.41. The summed E-state index contributed by atoms with van der Waals surface area (Å²) in [5.74, 6) is -0.0454. The van der Waals surface area contributed by atoms with E-state index >= 15 is 0 Å². The Labute approximate surface area is 108 Å². The van der Waals surface area contributed by atoms with Crippen LogP contribution in [0.3, 0.4) is 0 Å². The largest absolute Gasteiger partial charge is 0.435 e. The predicted octanol–water partition coefficient (Wildman–Crippen LogP) is 2.81. The molecule has 0 saturated carbocycles. The quantitative estimate of drug-likeness (QED) is 0.640. The van der Waals surface area contributed by atoms with E-state index < -0.39 is 6.61 Å². The molecule has 0 saturated heterocycles. The van der Waals surface area contributed by atoms with Crippen LogP contribution in [0.2, 0.25) is 0 Å². The summed E-state index contributed by atoms with van der Waals surface area (Å²) < 4.78 is 28.2. The van der Waals surface area contributed by atoms with Gasteiger partial charge in [0.25, 0.3) is 5.91 Å². The number of carbonyl (C=O) groups excluding carboxylic acids is 1. The van der Waals surface area contributed by atoms with Crippen LogP contribution in [0.25, 0.3) is 0 Å². The standard InChI is InChI=1S/C12H12ClF2NO2/c13-6-1-2-7-16-11(17)9-4-3-5-10(8-9)18-12(14)15/h1-5,8,12H,6-7H2,(H,16,17)/b2-1+. The Bertz CT molecular complexity index is 424. The third kappa shape index (κ3) is 5.14. The van der Waals surface area contributed by atoms with Crippen molar-refractivity contribution in [3.63, 3.8) is 0 Å². The van der Waals surface area contributed by atoms with Gasteiger partial charge in [-0.15, -0.1) is 11.6 Å². The second kappa shape index (κ2) is 7.66. The van der Waals surface area contributed by atoms with Gasteiger partial charge in [-0.3, -0.25) is 4.79 Å². The first-order chi connectivity index (χ1) is 8.63. The first-order valence-corrected chi connectivity index (χ1v) is 5.71. The Morgan fingerprint density at radius 1 is 1.44 bits per heavy atom. The Balaban J connectivity index is 2.59. The van der Waals surface area contributed by atoms with Crippen molar-refractivity contribution in [1.82, 2.24) is 5.32 Å². The first kappa shape index (κ1) is 14.4. The van der Waals surface area contributed by atoms with Crippen molar-refractivity contribution in [2.45, 2.75) is 6.61 Å². The summed E-state index contributed by atoms with van der Waals surface area (Å²) in [6.07, 6.45) is 3.39. The zero-order valence-corrected chi connectivity index (χ0v) is 10.2. The molecule has 1 rings (SSSR count). The molecule has 0 radical (unpaired) electrons. The third-order valence-corrected chi connectivity index (χ3v) is 2.14. The Hall–Kier alpha value is -1.62. The number of rotatable bonds is 6. The van der Waals surface area contributed by atoms with Crippen molar-refractivity contribution >= 4 is 17.5 Å². The molecule has 0 aliphatic rings. The van der Waals surface area contributed by atoms with Gasteiger partial charge in [0.2, 0.25) is 0 Å². The van der Waals surface area contributed by atoms with Gasteiger partial charge in [0.15, 0.2) is 0 Å². The normalized spacial score (nSPS) is 10.9. The van der Waals surface area contributed by atoms with E-state index in [0.29, 0.717) is 12.4 Å².